The van der Waals surface area contributed by atoms with Crippen molar-refractivity contribution >= 4 is 11.0 Å². The van der Waals surface area contributed by atoms with Crippen LogP contribution in [0.3, 0.4) is 0 Å². The quantitative estimate of drug-likeness (QED) is 0.706. The molecule has 0 N–H and O–H groups in total. The average Bonchev–Trinajstić information content (AvgIpc) is 2.74. The molecule has 2 aromatic rings. The zero-order valence-electron chi connectivity index (χ0n) is 9.76. The summed E-state index contributed by atoms with van der Waals surface area (Å²) in [6.07, 6.45) is 7.35. The van der Waals surface area contributed by atoms with E-state index in [0.717, 1.165) is 11.4 Å². The number of rotatable bonds is 1. The van der Waals surface area contributed by atoms with Crippen molar-refractivity contribution in [1.29, 1.82) is 0 Å². The Morgan fingerprint density at radius 1 is 1.12 bits per heavy atom. The highest BCUT2D eigenvalue weighted by atomic mass is 15.1. The first-order valence-corrected chi connectivity index (χ1v) is 6.26. The number of aromatic nitrogens is 2. The summed E-state index contributed by atoms with van der Waals surface area (Å²) >= 11 is 0. The summed E-state index contributed by atoms with van der Waals surface area (Å²) in [6, 6.07) is 9.11. The van der Waals surface area contributed by atoms with E-state index in [1.54, 1.807) is 0 Å². The van der Waals surface area contributed by atoms with E-state index in [0.29, 0.717) is 6.04 Å². The number of hydrogen-bond donors (Lipinski definition) is 0. The van der Waals surface area contributed by atoms with Crippen molar-refractivity contribution in [3.63, 3.8) is 0 Å². The summed E-state index contributed by atoms with van der Waals surface area (Å²) in [5, 5.41) is 0. The molecule has 0 bridgehead atoms. The zero-order valence-corrected chi connectivity index (χ0v) is 9.76. The minimum Gasteiger partial charge on any atom is -0.327 e. The molecule has 2 heteroatoms. The van der Waals surface area contributed by atoms with E-state index in [1.807, 2.05) is 6.33 Å². The summed E-state index contributed by atoms with van der Waals surface area (Å²) in [4.78, 5) is 4.48. The number of imidazole rings is 1. The van der Waals surface area contributed by atoms with Crippen LogP contribution in [0.1, 0.15) is 38.6 Å². The molecule has 1 fully saturated rings. The molecule has 0 radical (unpaired) electrons. The van der Waals surface area contributed by atoms with Gasteiger partial charge in [-0.15, -0.1) is 0 Å². The van der Waals surface area contributed by atoms with Gasteiger partial charge in [0.2, 0.25) is 0 Å². The Morgan fingerprint density at radius 3 is 2.69 bits per heavy atom. The van der Waals surface area contributed by atoms with Gasteiger partial charge in [0, 0.05) is 6.04 Å². The fourth-order valence-corrected chi connectivity index (χ4v) is 2.79. The lowest BCUT2D eigenvalue weighted by Crippen LogP contribution is -2.15. The van der Waals surface area contributed by atoms with Gasteiger partial charge in [0.05, 0.1) is 17.4 Å². The van der Waals surface area contributed by atoms with E-state index in [-0.39, 0.29) is 0 Å². The van der Waals surface area contributed by atoms with Crippen molar-refractivity contribution in [3.05, 3.63) is 30.6 Å². The van der Waals surface area contributed by atoms with Gasteiger partial charge in [-0.1, -0.05) is 19.1 Å². The molecular formula is C14H18N2. The number of fused-ring (bicyclic) bond motifs is 1. The molecule has 2 nitrogen and oxygen atoms in total. The molecule has 84 valence electrons. The standard InChI is InChI=1S/C14H18N2/c1-11-6-8-12(9-7-11)16-10-15-13-4-2-3-5-14(13)16/h2-5,10-12H,6-9H2,1H3. The molecule has 1 aromatic carbocycles. The van der Waals surface area contributed by atoms with Crippen molar-refractivity contribution in [1.82, 2.24) is 9.55 Å². The van der Waals surface area contributed by atoms with Crippen LogP contribution < -0.4 is 0 Å². The molecule has 0 spiro atoms. The summed E-state index contributed by atoms with van der Waals surface area (Å²) in [5.74, 6) is 0.908. The number of benzene rings is 1. The van der Waals surface area contributed by atoms with Crippen LogP contribution in [0.25, 0.3) is 11.0 Å². The zero-order chi connectivity index (χ0) is 11.0. The Bertz CT molecular complexity index is 478. The van der Waals surface area contributed by atoms with E-state index >= 15 is 0 Å². The highest BCUT2D eigenvalue weighted by Crippen LogP contribution is 2.33. The van der Waals surface area contributed by atoms with Crippen LogP contribution in [0, 0.1) is 5.92 Å². The Labute approximate surface area is 96.3 Å². The highest BCUT2D eigenvalue weighted by molar-refractivity contribution is 5.75. The molecule has 0 amide bonds. The summed E-state index contributed by atoms with van der Waals surface area (Å²) in [5.41, 5.74) is 2.42. The third kappa shape index (κ3) is 1.62. The van der Waals surface area contributed by atoms with Crippen molar-refractivity contribution in [2.75, 3.05) is 0 Å². The second-order valence-electron chi connectivity index (χ2n) is 5.05. The van der Waals surface area contributed by atoms with Gasteiger partial charge in [-0.2, -0.15) is 0 Å². The van der Waals surface area contributed by atoms with Crippen LogP contribution in [0.5, 0.6) is 0 Å². The highest BCUT2D eigenvalue weighted by Gasteiger charge is 2.20. The molecule has 0 atom stereocenters. The lowest BCUT2D eigenvalue weighted by atomic mass is 9.87. The molecule has 1 aliphatic carbocycles. The van der Waals surface area contributed by atoms with Crippen molar-refractivity contribution < 1.29 is 0 Å². The van der Waals surface area contributed by atoms with E-state index in [4.69, 9.17) is 0 Å². The van der Waals surface area contributed by atoms with Gasteiger partial charge in [-0.3, -0.25) is 0 Å². The average molecular weight is 214 g/mol. The van der Waals surface area contributed by atoms with Crippen LogP contribution in [0.15, 0.2) is 30.6 Å². The van der Waals surface area contributed by atoms with Gasteiger partial charge < -0.3 is 4.57 Å². The van der Waals surface area contributed by atoms with Gasteiger partial charge in [-0.25, -0.2) is 4.98 Å². The van der Waals surface area contributed by atoms with Crippen molar-refractivity contribution in [2.45, 2.75) is 38.6 Å². The van der Waals surface area contributed by atoms with E-state index in [2.05, 4.69) is 40.7 Å². The SMILES string of the molecule is CC1CCC(n2cnc3ccccc32)CC1. The molecule has 1 aromatic heterocycles. The summed E-state index contributed by atoms with van der Waals surface area (Å²) < 4.78 is 2.38. The second-order valence-corrected chi connectivity index (χ2v) is 5.05. The van der Waals surface area contributed by atoms with Crippen LogP contribution in [0.2, 0.25) is 0 Å². The molecule has 0 unspecified atom stereocenters. The Hall–Kier alpha value is -1.31. The maximum absolute atomic E-state index is 4.48. The van der Waals surface area contributed by atoms with Gasteiger partial charge in [-0.05, 0) is 43.7 Å². The molecule has 3 rings (SSSR count). The Balaban J connectivity index is 1.94. The van der Waals surface area contributed by atoms with Crippen molar-refractivity contribution in [3.8, 4) is 0 Å². The predicted molar refractivity (Wildman–Crippen MR) is 66.4 cm³/mol. The molecule has 1 aliphatic rings. The smallest absolute Gasteiger partial charge is 0.0960 e. The van der Waals surface area contributed by atoms with E-state index in [1.165, 1.54) is 31.2 Å². The van der Waals surface area contributed by atoms with E-state index < -0.39 is 0 Å². The van der Waals surface area contributed by atoms with Crippen LogP contribution >= 0.6 is 0 Å². The van der Waals surface area contributed by atoms with Gasteiger partial charge in [0.25, 0.3) is 0 Å². The monoisotopic (exact) mass is 214 g/mol. The summed E-state index contributed by atoms with van der Waals surface area (Å²) in [7, 11) is 0. The molecule has 0 saturated heterocycles. The van der Waals surface area contributed by atoms with Gasteiger partial charge in [0.15, 0.2) is 0 Å². The number of para-hydroxylation sites is 2. The molecule has 1 saturated carbocycles. The lowest BCUT2D eigenvalue weighted by molar-refractivity contribution is 0.293. The predicted octanol–water partition coefficient (Wildman–Crippen LogP) is 3.79. The normalized spacial score (nSPS) is 26.1. The molecule has 16 heavy (non-hydrogen) atoms. The fraction of sp³-hybridized carbons (Fsp3) is 0.500. The maximum Gasteiger partial charge on any atom is 0.0960 e. The first-order chi connectivity index (χ1) is 7.84. The maximum atomic E-state index is 4.48. The van der Waals surface area contributed by atoms with Crippen LogP contribution in [-0.2, 0) is 0 Å². The number of hydrogen-bond acceptors (Lipinski definition) is 1. The Kier molecular flexibility index (Phi) is 2.43. The number of nitrogens with zero attached hydrogens (tertiary/aromatic N) is 2. The first kappa shape index (κ1) is 9.88. The third-order valence-electron chi connectivity index (χ3n) is 3.86. The topological polar surface area (TPSA) is 17.8 Å². The minimum absolute atomic E-state index is 0.670. The third-order valence-corrected chi connectivity index (χ3v) is 3.86. The largest absolute Gasteiger partial charge is 0.327 e. The second kappa shape index (κ2) is 3.93. The van der Waals surface area contributed by atoms with Gasteiger partial charge >= 0.3 is 0 Å². The lowest BCUT2D eigenvalue weighted by Gasteiger charge is -2.27. The van der Waals surface area contributed by atoms with Crippen molar-refractivity contribution in [2.24, 2.45) is 5.92 Å². The molecule has 0 aliphatic heterocycles. The minimum atomic E-state index is 0.670. The fourth-order valence-electron chi connectivity index (χ4n) is 2.79. The van der Waals surface area contributed by atoms with Gasteiger partial charge in [0.1, 0.15) is 0 Å². The molecular weight excluding hydrogens is 196 g/mol. The molecule has 1 heterocycles. The first-order valence-electron chi connectivity index (χ1n) is 6.26. The Morgan fingerprint density at radius 2 is 1.88 bits per heavy atom. The van der Waals surface area contributed by atoms with E-state index in [9.17, 15) is 0 Å². The van der Waals surface area contributed by atoms with Crippen LogP contribution in [0.4, 0.5) is 0 Å². The summed E-state index contributed by atoms with van der Waals surface area (Å²) in [6.45, 7) is 2.36. The van der Waals surface area contributed by atoms with Crippen LogP contribution in [-0.4, -0.2) is 9.55 Å².